The van der Waals surface area contributed by atoms with E-state index in [-0.39, 0.29) is 24.3 Å². The van der Waals surface area contributed by atoms with Gasteiger partial charge in [0.25, 0.3) is 5.91 Å². The number of rotatable bonds is 5. The highest BCUT2D eigenvalue weighted by Gasteiger charge is 2.38. The van der Waals surface area contributed by atoms with E-state index in [1.165, 1.54) is 6.07 Å². The topological polar surface area (TPSA) is 148 Å². The van der Waals surface area contributed by atoms with Gasteiger partial charge in [-0.3, -0.25) is 4.79 Å². The predicted molar refractivity (Wildman–Crippen MR) is 99.2 cm³/mol. The van der Waals surface area contributed by atoms with Crippen LogP contribution in [0.2, 0.25) is 0 Å². The molecule has 8 nitrogen and oxygen atoms in total. The van der Waals surface area contributed by atoms with Crippen LogP contribution in [-0.2, 0) is 19.5 Å². The normalized spacial score (nSPS) is 15.7. The summed E-state index contributed by atoms with van der Waals surface area (Å²) in [6.07, 6.45) is 0.238. The second-order valence-electron chi connectivity index (χ2n) is 6.29. The molecule has 2 aromatic rings. The van der Waals surface area contributed by atoms with Crippen LogP contribution in [0.5, 0.6) is 5.75 Å². The molecule has 0 bridgehead atoms. The van der Waals surface area contributed by atoms with Crippen molar-refractivity contribution in [1.29, 1.82) is 0 Å². The number of amides is 1. The third-order valence-electron chi connectivity index (χ3n) is 4.54. The van der Waals surface area contributed by atoms with E-state index in [1.54, 1.807) is 30.3 Å². The fourth-order valence-corrected chi connectivity index (χ4v) is 3.13. The van der Waals surface area contributed by atoms with E-state index < -0.39 is 24.9 Å². The third kappa shape index (κ3) is 3.80. The minimum atomic E-state index is -1.37. The van der Waals surface area contributed by atoms with Crippen molar-refractivity contribution >= 4 is 19.0 Å². The molecule has 2 aromatic carbocycles. The molecule has 1 aliphatic heterocycles. The Kier molecular flexibility index (Phi) is 5.45. The lowest BCUT2D eigenvalue weighted by molar-refractivity contribution is 0.0693. The van der Waals surface area contributed by atoms with Crippen molar-refractivity contribution in [2.75, 3.05) is 0 Å². The number of hydrogen-bond acceptors (Lipinski definition) is 6. The number of carboxylic acid groups (broad SMARTS) is 1. The molecule has 1 aliphatic rings. The number of aromatic carboxylic acids is 1. The van der Waals surface area contributed by atoms with Crippen LogP contribution in [0.4, 0.5) is 0 Å². The molecule has 7 N–H and O–H groups in total. The maximum atomic E-state index is 12.7. The number of fused-ring (bicyclic) bond motifs is 1. The van der Waals surface area contributed by atoms with Gasteiger partial charge in [-0.05, 0) is 35.2 Å². The Hall–Kier alpha value is -2.88. The largest absolute Gasteiger partial charge is 0.547 e. The van der Waals surface area contributed by atoms with Crippen molar-refractivity contribution in [1.82, 2.24) is 5.32 Å². The Morgan fingerprint density at radius 1 is 1.19 bits per heavy atom. The molecule has 1 atom stereocenters. The van der Waals surface area contributed by atoms with Crippen molar-refractivity contribution in [3.8, 4) is 5.75 Å². The number of para-hydroxylation sites is 1. The van der Waals surface area contributed by atoms with Gasteiger partial charge in [-0.15, -0.1) is 0 Å². The SMILES string of the molecule is NCc1ccc(C(=O)NC2Cc3cccc(C(=O)O)c3OB2O)c(CN)c1. The van der Waals surface area contributed by atoms with Gasteiger partial charge in [-0.25, -0.2) is 4.79 Å². The minimum Gasteiger partial charge on any atom is -0.534 e. The first kappa shape index (κ1) is 18.9. The quantitative estimate of drug-likeness (QED) is 0.468. The maximum absolute atomic E-state index is 12.7. The van der Waals surface area contributed by atoms with Gasteiger partial charge in [0.05, 0.1) is 11.5 Å². The maximum Gasteiger partial charge on any atom is 0.547 e. The summed E-state index contributed by atoms with van der Waals surface area (Å²) in [5, 5.41) is 22.2. The molecule has 0 saturated carbocycles. The fraction of sp³-hybridized carbons (Fsp3) is 0.222. The second-order valence-corrected chi connectivity index (χ2v) is 6.29. The number of nitrogens with one attached hydrogen (secondary N) is 1. The van der Waals surface area contributed by atoms with E-state index in [4.69, 9.17) is 16.1 Å². The third-order valence-corrected chi connectivity index (χ3v) is 4.54. The van der Waals surface area contributed by atoms with Crippen LogP contribution in [0.25, 0.3) is 0 Å². The lowest BCUT2D eigenvalue weighted by Gasteiger charge is -2.29. The van der Waals surface area contributed by atoms with Gasteiger partial charge in [-0.1, -0.05) is 24.3 Å². The van der Waals surface area contributed by atoms with E-state index in [0.29, 0.717) is 23.2 Å². The van der Waals surface area contributed by atoms with Crippen molar-refractivity contribution in [3.05, 3.63) is 64.2 Å². The van der Waals surface area contributed by atoms with E-state index in [1.807, 2.05) is 0 Å². The lowest BCUT2D eigenvalue weighted by atomic mass is 9.72. The smallest absolute Gasteiger partial charge is 0.534 e. The van der Waals surface area contributed by atoms with Crippen molar-refractivity contribution < 1.29 is 24.4 Å². The summed E-state index contributed by atoms with van der Waals surface area (Å²) >= 11 is 0. The van der Waals surface area contributed by atoms with Gasteiger partial charge in [-0.2, -0.15) is 0 Å². The van der Waals surface area contributed by atoms with Crippen molar-refractivity contribution in [2.45, 2.75) is 25.5 Å². The highest BCUT2D eigenvalue weighted by atomic mass is 16.5. The van der Waals surface area contributed by atoms with Crippen LogP contribution >= 0.6 is 0 Å². The van der Waals surface area contributed by atoms with Crippen LogP contribution in [-0.4, -0.2) is 35.1 Å². The summed E-state index contributed by atoms with van der Waals surface area (Å²) in [7, 11) is -1.37. The zero-order valence-electron chi connectivity index (χ0n) is 14.5. The van der Waals surface area contributed by atoms with Gasteiger partial charge in [0.1, 0.15) is 5.75 Å². The van der Waals surface area contributed by atoms with Gasteiger partial charge in [0.2, 0.25) is 0 Å². The molecular formula is C18H20BN3O5. The molecule has 0 aliphatic carbocycles. The summed E-state index contributed by atoms with van der Waals surface area (Å²) in [4.78, 5) is 24.0. The predicted octanol–water partition coefficient (Wildman–Crippen LogP) is 0.0554. The molecule has 0 spiro atoms. The Morgan fingerprint density at radius 3 is 2.63 bits per heavy atom. The number of nitrogens with two attached hydrogens (primary N) is 2. The Balaban J connectivity index is 1.82. The molecule has 0 radical (unpaired) electrons. The van der Waals surface area contributed by atoms with Crippen molar-refractivity contribution in [3.63, 3.8) is 0 Å². The Morgan fingerprint density at radius 2 is 1.96 bits per heavy atom. The first-order valence-corrected chi connectivity index (χ1v) is 8.47. The zero-order chi connectivity index (χ0) is 19.6. The first-order valence-electron chi connectivity index (χ1n) is 8.47. The average molecular weight is 369 g/mol. The number of benzene rings is 2. The van der Waals surface area contributed by atoms with Crippen LogP contribution in [0, 0.1) is 0 Å². The first-order chi connectivity index (χ1) is 12.9. The molecule has 3 rings (SSSR count). The monoisotopic (exact) mass is 369 g/mol. The lowest BCUT2D eigenvalue weighted by Crippen LogP contribution is -2.53. The summed E-state index contributed by atoms with van der Waals surface area (Å²) < 4.78 is 5.39. The van der Waals surface area contributed by atoms with E-state index in [0.717, 1.165) is 5.56 Å². The highest BCUT2D eigenvalue weighted by Crippen LogP contribution is 2.30. The number of hydrogen-bond donors (Lipinski definition) is 5. The van der Waals surface area contributed by atoms with Crippen LogP contribution in [0.3, 0.4) is 0 Å². The van der Waals surface area contributed by atoms with Crippen LogP contribution < -0.4 is 21.4 Å². The zero-order valence-corrected chi connectivity index (χ0v) is 14.5. The van der Waals surface area contributed by atoms with Crippen LogP contribution in [0.15, 0.2) is 36.4 Å². The molecular weight excluding hydrogens is 349 g/mol. The fourth-order valence-electron chi connectivity index (χ4n) is 3.13. The van der Waals surface area contributed by atoms with E-state index >= 15 is 0 Å². The minimum absolute atomic E-state index is 0.0286. The van der Waals surface area contributed by atoms with E-state index in [9.17, 15) is 19.7 Å². The Labute approximate surface area is 156 Å². The Bertz CT molecular complexity index is 889. The van der Waals surface area contributed by atoms with Gasteiger partial charge in [0.15, 0.2) is 0 Å². The summed E-state index contributed by atoms with van der Waals surface area (Å²) in [6.45, 7) is 0.512. The summed E-state index contributed by atoms with van der Waals surface area (Å²) in [5.41, 5.74) is 13.8. The molecule has 1 heterocycles. The molecule has 0 fully saturated rings. The molecule has 0 saturated heterocycles. The highest BCUT2D eigenvalue weighted by molar-refractivity contribution is 6.47. The molecule has 0 aromatic heterocycles. The molecule has 9 heteroatoms. The summed E-state index contributed by atoms with van der Waals surface area (Å²) in [5.74, 6) is -2.15. The van der Waals surface area contributed by atoms with Gasteiger partial charge in [0, 0.05) is 18.7 Å². The number of carbonyl (C=O) groups is 2. The van der Waals surface area contributed by atoms with Gasteiger partial charge < -0.3 is 31.6 Å². The number of carbonyl (C=O) groups excluding carboxylic acids is 1. The number of carboxylic acids is 1. The second kappa shape index (κ2) is 7.79. The van der Waals surface area contributed by atoms with Gasteiger partial charge >= 0.3 is 13.1 Å². The van der Waals surface area contributed by atoms with Crippen molar-refractivity contribution in [2.24, 2.45) is 11.5 Å². The molecule has 1 amide bonds. The summed E-state index contributed by atoms with van der Waals surface area (Å²) in [6, 6.07) is 9.87. The standard InChI is InChI=1S/C18H20BN3O5/c20-8-10-4-5-13(12(6-10)9-21)17(23)22-15-7-11-2-1-3-14(18(24)25)16(11)27-19(15)26/h1-6,15,26H,7-9,20-21H2,(H,22,23)(H,24,25). The molecule has 140 valence electrons. The molecule has 27 heavy (non-hydrogen) atoms. The molecule has 1 unspecified atom stereocenters. The van der Waals surface area contributed by atoms with Crippen LogP contribution in [0.1, 0.15) is 37.4 Å². The van der Waals surface area contributed by atoms with E-state index in [2.05, 4.69) is 5.32 Å². The average Bonchev–Trinajstić information content (AvgIpc) is 2.67.